The van der Waals surface area contributed by atoms with Crippen molar-refractivity contribution in [3.63, 3.8) is 0 Å². The Kier molecular flexibility index (Phi) is 5.77. The Hall–Kier alpha value is -3.01. The van der Waals surface area contributed by atoms with E-state index in [1.54, 1.807) is 10.6 Å². The molecule has 166 valence electrons. The molecule has 6 nitrogen and oxygen atoms in total. The summed E-state index contributed by atoms with van der Waals surface area (Å²) < 4.78 is 1.62. The molecule has 0 aliphatic heterocycles. The minimum absolute atomic E-state index is 0.0951. The predicted molar refractivity (Wildman–Crippen MR) is 139 cm³/mol. The smallest absolute Gasteiger partial charge is 0.263 e. The van der Waals surface area contributed by atoms with Crippen LogP contribution in [0.2, 0.25) is 0 Å². The minimum atomic E-state index is -0.130. The van der Waals surface area contributed by atoms with Crippen molar-refractivity contribution in [2.75, 3.05) is 0 Å². The van der Waals surface area contributed by atoms with Crippen LogP contribution in [0.3, 0.4) is 0 Å². The lowest BCUT2D eigenvalue weighted by Crippen LogP contribution is -2.22. The Bertz CT molecular complexity index is 1630. The maximum Gasteiger partial charge on any atom is 0.263 e. The van der Waals surface area contributed by atoms with Gasteiger partial charge in [-0.05, 0) is 31.0 Å². The molecule has 5 aromatic rings. The molecule has 1 N–H and O–H groups in total. The number of nitrogens with one attached hydrogen (secondary N) is 1. The highest BCUT2D eigenvalue weighted by atomic mass is 32.2. The average Bonchev–Trinajstić information content (AvgIpc) is 3.36. The van der Waals surface area contributed by atoms with Crippen LogP contribution < -0.4 is 11.1 Å². The van der Waals surface area contributed by atoms with Gasteiger partial charge in [-0.2, -0.15) is 0 Å². The Morgan fingerprint density at radius 3 is 2.67 bits per heavy atom. The molecular formula is C24H20N4O2S3. The first kappa shape index (κ1) is 21.8. The highest BCUT2D eigenvalue weighted by Crippen LogP contribution is 2.33. The summed E-state index contributed by atoms with van der Waals surface area (Å²) in [5.41, 5.74) is 1.81. The zero-order valence-electron chi connectivity index (χ0n) is 18.0. The van der Waals surface area contributed by atoms with E-state index in [1.807, 2.05) is 50.2 Å². The van der Waals surface area contributed by atoms with Gasteiger partial charge in [0.1, 0.15) is 15.5 Å². The zero-order valence-corrected chi connectivity index (χ0v) is 20.5. The van der Waals surface area contributed by atoms with E-state index in [0.29, 0.717) is 38.9 Å². The van der Waals surface area contributed by atoms with Gasteiger partial charge < -0.3 is 4.98 Å². The van der Waals surface area contributed by atoms with Gasteiger partial charge in [-0.25, -0.2) is 9.97 Å². The first-order valence-electron chi connectivity index (χ1n) is 10.3. The van der Waals surface area contributed by atoms with Crippen molar-refractivity contribution < 1.29 is 0 Å². The molecule has 0 aliphatic rings. The van der Waals surface area contributed by atoms with Crippen molar-refractivity contribution in [1.82, 2.24) is 19.5 Å². The van der Waals surface area contributed by atoms with Crippen LogP contribution in [0.4, 0.5) is 0 Å². The molecule has 0 saturated carbocycles. The number of hydrogen-bond donors (Lipinski definition) is 1. The van der Waals surface area contributed by atoms with Crippen LogP contribution in [0.1, 0.15) is 16.3 Å². The Morgan fingerprint density at radius 1 is 1.12 bits per heavy atom. The van der Waals surface area contributed by atoms with E-state index in [1.165, 1.54) is 34.4 Å². The topological polar surface area (TPSA) is 80.6 Å². The Labute approximate surface area is 201 Å². The monoisotopic (exact) mass is 492 g/mol. The molecule has 0 aliphatic carbocycles. The number of thioether (sulfide) groups is 1. The third kappa shape index (κ3) is 3.96. The van der Waals surface area contributed by atoms with Crippen LogP contribution >= 0.6 is 34.4 Å². The molecule has 0 amide bonds. The normalized spacial score (nSPS) is 11.5. The van der Waals surface area contributed by atoms with E-state index < -0.39 is 0 Å². The lowest BCUT2D eigenvalue weighted by atomic mass is 10.2. The quantitative estimate of drug-likeness (QED) is 0.192. The molecule has 0 bridgehead atoms. The second-order valence-electron chi connectivity index (χ2n) is 7.56. The fraction of sp³-hybridized carbons (Fsp3) is 0.167. The number of rotatable bonds is 6. The number of hydrogen-bond acceptors (Lipinski definition) is 7. The number of thiophene rings is 2. The molecule has 0 spiro atoms. The van der Waals surface area contributed by atoms with Crippen molar-refractivity contribution >= 4 is 54.9 Å². The van der Waals surface area contributed by atoms with Gasteiger partial charge in [0.2, 0.25) is 0 Å². The van der Waals surface area contributed by atoms with E-state index >= 15 is 0 Å². The van der Waals surface area contributed by atoms with Gasteiger partial charge in [0.15, 0.2) is 5.16 Å². The molecular weight excluding hydrogens is 472 g/mol. The largest absolute Gasteiger partial charge is 0.309 e. The average molecular weight is 493 g/mol. The van der Waals surface area contributed by atoms with Gasteiger partial charge in [0.05, 0.1) is 16.5 Å². The van der Waals surface area contributed by atoms with Gasteiger partial charge in [0, 0.05) is 16.3 Å². The molecule has 0 saturated heterocycles. The van der Waals surface area contributed by atoms with Crippen LogP contribution in [0, 0.1) is 13.8 Å². The van der Waals surface area contributed by atoms with Gasteiger partial charge in [0.25, 0.3) is 11.1 Å². The van der Waals surface area contributed by atoms with Gasteiger partial charge >= 0.3 is 0 Å². The summed E-state index contributed by atoms with van der Waals surface area (Å²) in [5, 5.41) is 1.83. The third-order valence-electron chi connectivity index (χ3n) is 5.41. The summed E-state index contributed by atoms with van der Waals surface area (Å²) >= 11 is 4.41. The molecule has 4 heterocycles. The molecule has 1 aromatic carbocycles. The SMILES string of the molecule is C=CCn1c(SCc2nc3sc(C)c(C)c3c(=O)[nH]2)nc2sc(-c3ccccc3)cc2c1=O. The lowest BCUT2D eigenvalue weighted by molar-refractivity contribution is 0.672. The van der Waals surface area contributed by atoms with Crippen LogP contribution in [0.15, 0.2) is 63.8 Å². The number of aromatic nitrogens is 4. The highest BCUT2D eigenvalue weighted by Gasteiger charge is 2.16. The van der Waals surface area contributed by atoms with Gasteiger partial charge in [-0.15, -0.1) is 29.3 Å². The molecule has 0 fully saturated rings. The standard InChI is InChI=1S/C24H20N4O2S3/c1-4-10-28-23(30)16-11-17(15-8-6-5-7-9-15)33-21(16)27-24(28)31-12-18-25-20(29)19-13(2)14(3)32-22(19)26-18/h4-9,11H,1,10,12H2,2-3H3,(H,25,26,29). The highest BCUT2D eigenvalue weighted by molar-refractivity contribution is 7.98. The molecule has 0 unspecified atom stereocenters. The number of aromatic amines is 1. The number of benzene rings is 1. The summed E-state index contributed by atoms with van der Waals surface area (Å²) in [6, 6.07) is 11.9. The molecule has 33 heavy (non-hydrogen) atoms. The molecule has 0 radical (unpaired) electrons. The minimum Gasteiger partial charge on any atom is -0.309 e. The van der Waals surface area contributed by atoms with Crippen molar-refractivity contribution in [1.29, 1.82) is 0 Å². The van der Waals surface area contributed by atoms with Crippen LogP contribution in [0.25, 0.3) is 30.9 Å². The maximum atomic E-state index is 13.3. The van der Waals surface area contributed by atoms with Gasteiger partial charge in [-0.1, -0.05) is 48.2 Å². The maximum absolute atomic E-state index is 13.3. The van der Waals surface area contributed by atoms with Crippen molar-refractivity contribution in [2.45, 2.75) is 31.3 Å². The van der Waals surface area contributed by atoms with Crippen molar-refractivity contribution in [3.8, 4) is 10.4 Å². The summed E-state index contributed by atoms with van der Waals surface area (Å²) in [6.45, 7) is 8.08. The van der Waals surface area contributed by atoms with E-state index in [2.05, 4.69) is 16.5 Å². The zero-order chi connectivity index (χ0) is 23.1. The molecule has 0 atom stereocenters. The Balaban J connectivity index is 1.54. The fourth-order valence-electron chi connectivity index (χ4n) is 3.64. The fourth-order valence-corrected chi connectivity index (χ4v) is 6.65. The molecule has 9 heteroatoms. The van der Waals surface area contributed by atoms with E-state index in [0.717, 1.165) is 25.7 Å². The summed E-state index contributed by atoms with van der Waals surface area (Å²) in [6.07, 6.45) is 1.69. The summed E-state index contributed by atoms with van der Waals surface area (Å²) in [4.78, 5) is 41.7. The second-order valence-corrected chi connectivity index (χ2v) is 10.7. The second kappa shape index (κ2) is 8.74. The van der Waals surface area contributed by atoms with Crippen LogP contribution in [-0.4, -0.2) is 19.5 Å². The van der Waals surface area contributed by atoms with E-state index in [9.17, 15) is 9.59 Å². The molecule has 4 aromatic heterocycles. The first-order chi connectivity index (χ1) is 16.0. The number of H-pyrrole nitrogens is 1. The van der Waals surface area contributed by atoms with E-state index in [-0.39, 0.29) is 11.1 Å². The van der Waals surface area contributed by atoms with Crippen LogP contribution in [-0.2, 0) is 12.3 Å². The van der Waals surface area contributed by atoms with Crippen molar-refractivity contribution in [3.05, 3.63) is 86.0 Å². The third-order valence-corrected chi connectivity index (χ3v) is 8.58. The number of fused-ring (bicyclic) bond motifs is 2. The Morgan fingerprint density at radius 2 is 1.91 bits per heavy atom. The van der Waals surface area contributed by atoms with E-state index in [4.69, 9.17) is 4.98 Å². The van der Waals surface area contributed by atoms with Crippen molar-refractivity contribution in [2.24, 2.45) is 0 Å². The van der Waals surface area contributed by atoms with Crippen LogP contribution in [0.5, 0.6) is 0 Å². The lowest BCUT2D eigenvalue weighted by Gasteiger charge is -2.09. The summed E-state index contributed by atoms with van der Waals surface area (Å²) in [5.74, 6) is 0.960. The molecule has 5 rings (SSSR count). The number of allylic oxidation sites excluding steroid dienone is 1. The number of nitrogens with zero attached hydrogens (tertiary/aromatic N) is 3. The summed E-state index contributed by atoms with van der Waals surface area (Å²) in [7, 11) is 0. The predicted octanol–water partition coefficient (Wildman–Crippen LogP) is 5.52. The number of aryl methyl sites for hydroxylation is 2. The first-order valence-corrected chi connectivity index (χ1v) is 12.9. The van der Waals surface area contributed by atoms with Gasteiger partial charge in [-0.3, -0.25) is 14.2 Å².